The second-order valence-electron chi connectivity index (χ2n) is 4.58. The van der Waals surface area contributed by atoms with Gasteiger partial charge in [-0.05, 0) is 37.2 Å². The van der Waals surface area contributed by atoms with Crippen molar-refractivity contribution in [1.82, 2.24) is 10.3 Å². The van der Waals surface area contributed by atoms with E-state index >= 15 is 0 Å². The second kappa shape index (κ2) is 5.00. The molecule has 2 heterocycles. The molecule has 1 atom stereocenters. The summed E-state index contributed by atoms with van der Waals surface area (Å²) in [5.41, 5.74) is 2.29. The van der Waals surface area contributed by atoms with Gasteiger partial charge in [0.1, 0.15) is 5.75 Å². The molecule has 1 aromatic heterocycles. The van der Waals surface area contributed by atoms with Crippen molar-refractivity contribution in [2.75, 3.05) is 26.8 Å². The van der Waals surface area contributed by atoms with Gasteiger partial charge in [0, 0.05) is 23.1 Å². The van der Waals surface area contributed by atoms with E-state index in [1.54, 1.807) is 7.11 Å². The quantitative estimate of drug-likeness (QED) is 0.854. The molecule has 0 radical (unpaired) electrons. The van der Waals surface area contributed by atoms with Gasteiger partial charge in [-0.2, -0.15) is 0 Å². The monoisotopic (exact) mass is 246 g/mol. The summed E-state index contributed by atoms with van der Waals surface area (Å²) < 4.78 is 11.1. The van der Waals surface area contributed by atoms with Crippen LogP contribution in [0.1, 0.15) is 18.2 Å². The van der Waals surface area contributed by atoms with Crippen LogP contribution in [0.3, 0.4) is 0 Å². The molecule has 96 valence electrons. The van der Waals surface area contributed by atoms with Gasteiger partial charge < -0.3 is 19.8 Å². The fraction of sp³-hybridized carbons (Fsp3) is 0.429. The van der Waals surface area contributed by atoms with Crippen molar-refractivity contribution < 1.29 is 9.47 Å². The molecule has 4 nitrogen and oxygen atoms in total. The third-order valence-corrected chi connectivity index (χ3v) is 3.38. The van der Waals surface area contributed by atoms with Crippen LogP contribution in [0.2, 0.25) is 0 Å². The van der Waals surface area contributed by atoms with Crippen molar-refractivity contribution in [2.24, 2.45) is 0 Å². The molecule has 0 aliphatic carbocycles. The number of hydrogen-bond acceptors (Lipinski definition) is 3. The molecule has 1 aliphatic rings. The minimum Gasteiger partial charge on any atom is -0.497 e. The standard InChI is InChI=1S/C14H18N2O2/c1-17-11-2-3-12-10(8-11)9-13(16-12)14-4-5-15-6-7-18-14/h2-3,8-9,14-16H,4-7H2,1H3. The van der Waals surface area contributed by atoms with E-state index in [1.165, 1.54) is 5.39 Å². The largest absolute Gasteiger partial charge is 0.497 e. The Kier molecular flexibility index (Phi) is 3.21. The maximum absolute atomic E-state index is 5.85. The predicted octanol–water partition coefficient (Wildman–Crippen LogP) is 2.23. The Morgan fingerprint density at radius 1 is 1.28 bits per heavy atom. The Bertz CT molecular complexity index is 528. The average Bonchev–Trinajstić information content (AvgIpc) is 2.63. The summed E-state index contributed by atoms with van der Waals surface area (Å²) in [6, 6.07) is 8.23. The van der Waals surface area contributed by atoms with Gasteiger partial charge in [0.15, 0.2) is 0 Å². The molecule has 1 aliphatic heterocycles. The summed E-state index contributed by atoms with van der Waals surface area (Å²) in [7, 11) is 1.69. The topological polar surface area (TPSA) is 46.3 Å². The van der Waals surface area contributed by atoms with E-state index in [0.717, 1.165) is 43.1 Å². The average molecular weight is 246 g/mol. The first-order valence-electron chi connectivity index (χ1n) is 6.36. The lowest BCUT2D eigenvalue weighted by Crippen LogP contribution is -2.16. The lowest BCUT2D eigenvalue weighted by atomic mass is 10.1. The number of benzene rings is 1. The third kappa shape index (κ3) is 2.21. The number of ether oxygens (including phenoxy) is 2. The van der Waals surface area contributed by atoms with Crippen LogP contribution in [-0.4, -0.2) is 31.8 Å². The van der Waals surface area contributed by atoms with Gasteiger partial charge in [0.05, 0.1) is 19.8 Å². The molecule has 0 spiro atoms. The van der Waals surface area contributed by atoms with Gasteiger partial charge >= 0.3 is 0 Å². The first kappa shape index (κ1) is 11.6. The normalized spacial score (nSPS) is 20.8. The number of rotatable bonds is 2. The molecule has 3 rings (SSSR count). The number of methoxy groups -OCH3 is 1. The summed E-state index contributed by atoms with van der Waals surface area (Å²) in [5, 5.41) is 4.51. The lowest BCUT2D eigenvalue weighted by molar-refractivity contribution is 0.0619. The number of nitrogens with one attached hydrogen (secondary N) is 2. The molecule has 0 amide bonds. The van der Waals surface area contributed by atoms with Crippen molar-refractivity contribution in [3.05, 3.63) is 30.0 Å². The molecular weight excluding hydrogens is 228 g/mol. The molecular formula is C14H18N2O2. The van der Waals surface area contributed by atoms with Gasteiger partial charge in [-0.3, -0.25) is 0 Å². The maximum Gasteiger partial charge on any atom is 0.119 e. The van der Waals surface area contributed by atoms with E-state index < -0.39 is 0 Å². The molecule has 0 saturated carbocycles. The Hall–Kier alpha value is -1.52. The lowest BCUT2D eigenvalue weighted by Gasteiger charge is -2.12. The molecule has 1 aromatic carbocycles. The Labute approximate surface area is 106 Å². The highest BCUT2D eigenvalue weighted by molar-refractivity contribution is 5.82. The van der Waals surface area contributed by atoms with E-state index in [4.69, 9.17) is 9.47 Å². The van der Waals surface area contributed by atoms with Crippen LogP contribution in [0, 0.1) is 0 Å². The van der Waals surface area contributed by atoms with E-state index in [2.05, 4.69) is 16.4 Å². The summed E-state index contributed by atoms with van der Waals surface area (Å²) in [6.07, 6.45) is 1.17. The van der Waals surface area contributed by atoms with Crippen LogP contribution >= 0.6 is 0 Å². The van der Waals surface area contributed by atoms with E-state index in [1.807, 2.05) is 18.2 Å². The minimum atomic E-state index is 0.165. The fourth-order valence-corrected chi connectivity index (χ4v) is 2.39. The SMILES string of the molecule is COc1ccc2[nH]c(C3CCNCCO3)cc2c1. The summed E-state index contributed by atoms with van der Waals surface area (Å²) in [4.78, 5) is 3.44. The van der Waals surface area contributed by atoms with Crippen LogP contribution in [-0.2, 0) is 4.74 Å². The van der Waals surface area contributed by atoms with Crippen LogP contribution in [0.5, 0.6) is 5.75 Å². The van der Waals surface area contributed by atoms with Crippen LogP contribution < -0.4 is 10.1 Å². The molecule has 2 aromatic rings. The molecule has 0 bridgehead atoms. The first-order valence-corrected chi connectivity index (χ1v) is 6.36. The summed E-state index contributed by atoms with van der Waals surface area (Å²) >= 11 is 0. The Morgan fingerprint density at radius 3 is 3.11 bits per heavy atom. The number of aromatic amines is 1. The van der Waals surface area contributed by atoms with Crippen LogP contribution in [0.15, 0.2) is 24.3 Å². The number of aromatic nitrogens is 1. The highest BCUT2D eigenvalue weighted by Crippen LogP contribution is 2.27. The zero-order valence-corrected chi connectivity index (χ0v) is 10.5. The molecule has 2 N–H and O–H groups in total. The molecule has 1 fully saturated rings. The maximum atomic E-state index is 5.85. The van der Waals surface area contributed by atoms with Crippen molar-refractivity contribution in [2.45, 2.75) is 12.5 Å². The second-order valence-corrected chi connectivity index (χ2v) is 4.58. The highest BCUT2D eigenvalue weighted by atomic mass is 16.5. The molecule has 1 unspecified atom stereocenters. The molecule has 18 heavy (non-hydrogen) atoms. The summed E-state index contributed by atoms with van der Waals surface area (Å²) in [5.74, 6) is 0.886. The number of H-pyrrole nitrogens is 1. The smallest absolute Gasteiger partial charge is 0.119 e. The number of fused-ring (bicyclic) bond motifs is 1. The van der Waals surface area contributed by atoms with Gasteiger partial charge in [0.2, 0.25) is 0 Å². The third-order valence-electron chi connectivity index (χ3n) is 3.38. The fourth-order valence-electron chi connectivity index (χ4n) is 2.39. The molecule has 4 heteroatoms. The van der Waals surface area contributed by atoms with E-state index in [9.17, 15) is 0 Å². The zero-order valence-electron chi connectivity index (χ0n) is 10.5. The van der Waals surface area contributed by atoms with E-state index in [0.29, 0.717) is 0 Å². The zero-order chi connectivity index (χ0) is 12.4. The van der Waals surface area contributed by atoms with Crippen molar-refractivity contribution >= 4 is 10.9 Å². The summed E-state index contributed by atoms with van der Waals surface area (Å²) in [6.45, 7) is 2.71. The van der Waals surface area contributed by atoms with Gasteiger partial charge in [-0.25, -0.2) is 0 Å². The van der Waals surface area contributed by atoms with Crippen LogP contribution in [0.25, 0.3) is 10.9 Å². The van der Waals surface area contributed by atoms with Crippen LogP contribution in [0.4, 0.5) is 0 Å². The minimum absolute atomic E-state index is 0.165. The molecule has 1 saturated heterocycles. The van der Waals surface area contributed by atoms with Crippen molar-refractivity contribution in [1.29, 1.82) is 0 Å². The highest BCUT2D eigenvalue weighted by Gasteiger charge is 2.16. The number of hydrogen-bond donors (Lipinski definition) is 2. The van der Waals surface area contributed by atoms with Gasteiger partial charge in [0.25, 0.3) is 0 Å². The van der Waals surface area contributed by atoms with Crippen molar-refractivity contribution in [3.8, 4) is 5.75 Å². The Morgan fingerprint density at radius 2 is 2.22 bits per heavy atom. The van der Waals surface area contributed by atoms with E-state index in [-0.39, 0.29) is 6.10 Å². The predicted molar refractivity (Wildman–Crippen MR) is 71.0 cm³/mol. The Balaban J connectivity index is 1.91. The van der Waals surface area contributed by atoms with Gasteiger partial charge in [-0.1, -0.05) is 0 Å². The first-order chi connectivity index (χ1) is 8.86. The van der Waals surface area contributed by atoms with Crippen molar-refractivity contribution in [3.63, 3.8) is 0 Å². The van der Waals surface area contributed by atoms with Gasteiger partial charge in [-0.15, -0.1) is 0 Å².